The van der Waals surface area contributed by atoms with Crippen LogP contribution in [0.5, 0.6) is 0 Å². The van der Waals surface area contributed by atoms with Crippen molar-refractivity contribution in [2.75, 3.05) is 0 Å². The highest BCUT2D eigenvalue weighted by Gasteiger charge is 2.53. The smallest absolute Gasteiger partial charge is 0.384 e. The van der Waals surface area contributed by atoms with Crippen molar-refractivity contribution in [3.8, 4) is 5.69 Å². The standard InChI is InChI=1S/C16H13Br2Cl2F3N2O/c1-14(2,26)13-8(9-5-15(9,17)18)6-25(24-13)12-10(19)3-7(4-11(12)20)16(21,22)23/h3-4,6,9,26H,5H2,1-2H3. The predicted molar refractivity (Wildman–Crippen MR) is 102 cm³/mol. The van der Waals surface area contributed by atoms with Crippen LogP contribution in [-0.2, 0) is 11.8 Å². The van der Waals surface area contributed by atoms with Crippen molar-refractivity contribution in [2.45, 2.75) is 41.2 Å². The summed E-state index contributed by atoms with van der Waals surface area (Å²) < 4.78 is 39.8. The van der Waals surface area contributed by atoms with E-state index in [0.29, 0.717) is 5.69 Å². The first-order valence-corrected chi connectivity index (χ1v) is 9.83. The van der Waals surface area contributed by atoms with Crippen LogP contribution in [0.25, 0.3) is 5.69 Å². The fourth-order valence-corrected chi connectivity index (χ4v) is 4.53. The lowest BCUT2D eigenvalue weighted by Gasteiger charge is -2.16. The Morgan fingerprint density at radius 3 is 2.12 bits per heavy atom. The maximum Gasteiger partial charge on any atom is 0.416 e. The molecule has 3 nitrogen and oxygen atoms in total. The van der Waals surface area contributed by atoms with Gasteiger partial charge in [0, 0.05) is 17.7 Å². The number of aromatic nitrogens is 2. The van der Waals surface area contributed by atoms with Gasteiger partial charge in [0.15, 0.2) is 0 Å². The number of rotatable bonds is 3. The molecule has 1 aliphatic carbocycles. The third kappa shape index (κ3) is 3.81. The normalized spacial score (nSPS) is 19.7. The quantitative estimate of drug-likeness (QED) is 0.461. The van der Waals surface area contributed by atoms with Gasteiger partial charge in [-0.3, -0.25) is 0 Å². The maximum atomic E-state index is 12.9. The van der Waals surface area contributed by atoms with E-state index < -0.39 is 17.3 Å². The Labute approximate surface area is 174 Å². The first-order valence-electron chi connectivity index (χ1n) is 7.48. The highest BCUT2D eigenvalue weighted by Crippen LogP contribution is 2.63. The Bertz CT molecular complexity index is 852. The molecule has 0 bridgehead atoms. The fourth-order valence-electron chi connectivity index (χ4n) is 2.73. The number of hydrogen-bond donors (Lipinski definition) is 1. The second-order valence-corrected chi connectivity index (χ2v) is 11.4. The lowest BCUT2D eigenvalue weighted by Crippen LogP contribution is -2.19. The van der Waals surface area contributed by atoms with Crippen LogP contribution < -0.4 is 0 Å². The molecule has 1 N–H and O–H groups in total. The number of hydrogen-bond acceptors (Lipinski definition) is 2. The van der Waals surface area contributed by atoms with Gasteiger partial charge in [-0.25, -0.2) is 4.68 Å². The summed E-state index contributed by atoms with van der Waals surface area (Å²) in [6, 6.07) is 1.62. The van der Waals surface area contributed by atoms with Gasteiger partial charge in [0.2, 0.25) is 0 Å². The van der Waals surface area contributed by atoms with E-state index in [-0.39, 0.29) is 24.9 Å². The second-order valence-electron chi connectivity index (χ2n) is 6.74. The lowest BCUT2D eigenvalue weighted by molar-refractivity contribution is -0.137. The molecule has 142 valence electrons. The number of halogens is 7. The van der Waals surface area contributed by atoms with E-state index in [9.17, 15) is 18.3 Å². The molecule has 1 unspecified atom stereocenters. The zero-order chi connectivity index (χ0) is 19.7. The molecular formula is C16H13Br2Cl2F3N2O. The van der Waals surface area contributed by atoms with Gasteiger partial charge in [-0.05, 0) is 32.4 Å². The van der Waals surface area contributed by atoms with Gasteiger partial charge in [-0.1, -0.05) is 55.1 Å². The predicted octanol–water partition coefficient (Wildman–Crippen LogP) is 6.40. The highest BCUT2D eigenvalue weighted by atomic mass is 79.9. The van der Waals surface area contributed by atoms with Crippen LogP contribution in [0.4, 0.5) is 13.2 Å². The van der Waals surface area contributed by atoms with E-state index in [0.717, 1.165) is 24.1 Å². The molecule has 1 atom stereocenters. The summed E-state index contributed by atoms with van der Waals surface area (Å²) in [4.78, 5) is 0. The number of alkyl halides is 5. The van der Waals surface area contributed by atoms with Gasteiger partial charge in [-0.2, -0.15) is 18.3 Å². The number of nitrogens with zero attached hydrogens (tertiary/aromatic N) is 2. The zero-order valence-electron chi connectivity index (χ0n) is 13.5. The van der Waals surface area contributed by atoms with Crippen LogP contribution in [-0.4, -0.2) is 18.1 Å². The minimum absolute atomic E-state index is 0.0460. The zero-order valence-corrected chi connectivity index (χ0v) is 18.2. The van der Waals surface area contributed by atoms with Crippen molar-refractivity contribution in [3.05, 3.63) is 45.2 Å². The van der Waals surface area contributed by atoms with Crippen molar-refractivity contribution in [2.24, 2.45) is 0 Å². The van der Waals surface area contributed by atoms with E-state index in [2.05, 4.69) is 37.0 Å². The van der Waals surface area contributed by atoms with Gasteiger partial charge in [0.25, 0.3) is 0 Å². The largest absolute Gasteiger partial charge is 0.416 e. The molecule has 0 aliphatic heterocycles. The van der Waals surface area contributed by atoms with Gasteiger partial charge < -0.3 is 5.11 Å². The average Bonchev–Trinajstić information content (AvgIpc) is 2.89. The average molecular weight is 537 g/mol. The summed E-state index contributed by atoms with van der Waals surface area (Å²) in [6.45, 7) is 3.18. The summed E-state index contributed by atoms with van der Waals surface area (Å²) in [6.07, 6.45) is -2.14. The van der Waals surface area contributed by atoms with Gasteiger partial charge in [0.1, 0.15) is 11.3 Å². The maximum absolute atomic E-state index is 12.9. The van der Waals surface area contributed by atoms with Crippen LogP contribution >= 0.6 is 55.1 Å². The van der Waals surface area contributed by atoms with Crippen molar-refractivity contribution >= 4 is 55.1 Å². The molecule has 0 amide bonds. The minimum Gasteiger partial charge on any atom is -0.384 e. The lowest BCUT2D eigenvalue weighted by atomic mass is 9.99. The van der Waals surface area contributed by atoms with Gasteiger partial charge in [-0.15, -0.1) is 0 Å². The molecule has 1 fully saturated rings. The topological polar surface area (TPSA) is 38.1 Å². The molecular weight excluding hydrogens is 524 g/mol. The Kier molecular flexibility index (Phi) is 5.01. The fraction of sp³-hybridized carbons (Fsp3) is 0.438. The summed E-state index contributed by atoms with van der Waals surface area (Å²) in [7, 11) is 0. The monoisotopic (exact) mass is 534 g/mol. The van der Waals surface area contributed by atoms with E-state index in [4.69, 9.17) is 23.2 Å². The van der Waals surface area contributed by atoms with E-state index in [1.165, 1.54) is 4.68 Å². The van der Waals surface area contributed by atoms with Crippen LogP contribution in [0.1, 0.15) is 43.0 Å². The third-order valence-corrected chi connectivity index (χ3v) is 6.43. The molecule has 0 spiro atoms. The molecule has 1 saturated carbocycles. The molecule has 2 aromatic rings. The molecule has 1 aromatic heterocycles. The first kappa shape index (κ1) is 20.5. The summed E-state index contributed by atoms with van der Waals surface area (Å²) >= 11 is 19.2. The Balaban J connectivity index is 2.14. The van der Waals surface area contributed by atoms with Crippen LogP contribution in [0, 0.1) is 0 Å². The summed E-state index contributed by atoms with van der Waals surface area (Å²) in [5, 5.41) is 14.5. The Morgan fingerprint density at radius 2 is 1.73 bits per heavy atom. The van der Waals surface area contributed by atoms with Crippen molar-refractivity contribution in [3.63, 3.8) is 0 Å². The van der Waals surface area contributed by atoms with Crippen LogP contribution in [0.3, 0.4) is 0 Å². The molecule has 0 radical (unpaired) electrons. The van der Waals surface area contributed by atoms with Gasteiger partial charge >= 0.3 is 6.18 Å². The molecule has 10 heteroatoms. The van der Waals surface area contributed by atoms with Crippen molar-refractivity contribution in [1.29, 1.82) is 0 Å². The molecule has 3 rings (SSSR count). The number of aliphatic hydroxyl groups is 1. The number of benzene rings is 1. The van der Waals surface area contributed by atoms with Crippen molar-refractivity contribution < 1.29 is 18.3 Å². The molecule has 0 saturated heterocycles. The second kappa shape index (κ2) is 6.37. The first-order chi connectivity index (χ1) is 11.7. The van der Waals surface area contributed by atoms with Crippen LogP contribution in [0.2, 0.25) is 10.0 Å². The van der Waals surface area contributed by atoms with E-state index >= 15 is 0 Å². The summed E-state index contributed by atoms with van der Waals surface area (Å²) in [5.74, 6) is 0.0460. The SMILES string of the molecule is CC(C)(O)c1nn(-c2c(Cl)cc(C(F)(F)F)cc2Cl)cc1C1CC1(Br)Br. The summed E-state index contributed by atoms with van der Waals surface area (Å²) in [5.41, 5.74) is -0.875. The molecule has 1 heterocycles. The van der Waals surface area contributed by atoms with E-state index in [1.54, 1.807) is 20.0 Å². The van der Waals surface area contributed by atoms with Gasteiger partial charge in [0.05, 0.1) is 24.5 Å². The van der Waals surface area contributed by atoms with Crippen molar-refractivity contribution in [1.82, 2.24) is 9.78 Å². The highest BCUT2D eigenvalue weighted by molar-refractivity contribution is 9.25. The third-order valence-electron chi connectivity index (χ3n) is 4.10. The Morgan fingerprint density at radius 1 is 1.23 bits per heavy atom. The molecule has 26 heavy (non-hydrogen) atoms. The van der Waals surface area contributed by atoms with E-state index in [1.807, 2.05) is 0 Å². The molecule has 1 aliphatic rings. The van der Waals surface area contributed by atoms with Crippen LogP contribution in [0.15, 0.2) is 18.3 Å². The molecule has 1 aromatic carbocycles. The minimum atomic E-state index is -4.56. The Hall–Kier alpha value is -0.280.